The minimum absolute atomic E-state index is 0.0523. The van der Waals surface area contributed by atoms with Gasteiger partial charge in [0, 0.05) is 13.2 Å². The molecule has 0 bridgehead atoms. The highest BCUT2D eigenvalue weighted by Crippen LogP contribution is 2.21. The number of amides is 1. The molecule has 4 heteroatoms. The van der Waals surface area contributed by atoms with Gasteiger partial charge in [-0.3, -0.25) is 4.79 Å². The fourth-order valence-corrected chi connectivity index (χ4v) is 1.83. The highest BCUT2D eigenvalue weighted by atomic mass is 16.5. The molecule has 1 rings (SSSR count). The first-order chi connectivity index (χ1) is 9.50. The number of carbonyl (C=O) groups excluding carboxylic acids is 1. The average molecular weight is 279 g/mol. The number of para-hydroxylation sites is 1. The summed E-state index contributed by atoms with van der Waals surface area (Å²) in [4.78, 5) is 11.7. The van der Waals surface area contributed by atoms with Gasteiger partial charge in [0.2, 0.25) is 0 Å². The van der Waals surface area contributed by atoms with Crippen LogP contribution < -0.4 is 10.1 Å². The molecule has 1 amide bonds. The Morgan fingerprint density at radius 3 is 2.50 bits per heavy atom. The van der Waals surface area contributed by atoms with Gasteiger partial charge < -0.3 is 14.8 Å². The summed E-state index contributed by atoms with van der Waals surface area (Å²) in [6.45, 7) is 9.27. The topological polar surface area (TPSA) is 47.6 Å². The van der Waals surface area contributed by atoms with Crippen LogP contribution >= 0.6 is 0 Å². The van der Waals surface area contributed by atoms with E-state index in [2.05, 4.69) is 5.32 Å². The molecule has 1 aromatic carbocycles. The van der Waals surface area contributed by atoms with E-state index in [0.717, 1.165) is 23.3 Å². The van der Waals surface area contributed by atoms with E-state index in [1.54, 1.807) is 0 Å². The van der Waals surface area contributed by atoms with Gasteiger partial charge in [0.1, 0.15) is 5.75 Å². The van der Waals surface area contributed by atoms with Crippen molar-refractivity contribution in [3.8, 4) is 5.75 Å². The van der Waals surface area contributed by atoms with E-state index in [0.29, 0.717) is 13.2 Å². The Balaban J connectivity index is 2.23. The van der Waals surface area contributed by atoms with Crippen molar-refractivity contribution < 1.29 is 14.3 Å². The Morgan fingerprint density at radius 2 is 1.90 bits per heavy atom. The minimum Gasteiger partial charge on any atom is -0.483 e. The summed E-state index contributed by atoms with van der Waals surface area (Å²) in [5.74, 6) is 0.697. The smallest absolute Gasteiger partial charge is 0.257 e. The van der Waals surface area contributed by atoms with Crippen LogP contribution in [0.25, 0.3) is 0 Å². The summed E-state index contributed by atoms with van der Waals surface area (Å²) in [5, 5.41) is 2.82. The fourth-order valence-electron chi connectivity index (χ4n) is 1.83. The molecule has 1 N–H and O–H groups in total. The van der Waals surface area contributed by atoms with Gasteiger partial charge >= 0.3 is 0 Å². The Hall–Kier alpha value is -1.55. The Bertz CT molecular complexity index is 409. The lowest BCUT2D eigenvalue weighted by Crippen LogP contribution is -2.30. The number of hydrogen-bond donors (Lipinski definition) is 1. The Morgan fingerprint density at radius 1 is 1.25 bits per heavy atom. The van der Waals surface area contributed by atoms with Crippen molar-refractivity contribution in [2.45, 2.75) is 40.2 Å². The predicted octanol–water partition coefficient (Wildman–Crippen LogP) is 2.61. The first kappa shape index (κ1) is 16.5. The maximum absolute atomic E-state index is 11.7. The first-order valence-electron chi connectivity index (χ1n) is 7.08. The van der Waals surface area contributed by atoms with Crippen molar-refractivity contribution in [3.63, 3.8) is 0 Å². The molecule has 20 heavy (non-hydrogen) atoms. The lowest BCUT2D eigenvalue weighted by molar-refractivity contribution is -0.123. The highest BCUT2D eigenvalue weighted by Gasteiger charge is 2.06. The molecule has 0 aliphatic carbocycles. The maximum Gasteiger partial charge on any atom is 0.257 e. The van der Waals surface area contributed by atoms with Crippen LogP contribution in [0.1, 0.15) is 31.4 Å². The van der Waals surface area contributed by atoms with Gasteiger partial charge in [-0.05, 0) is 45.2 Å². The van der Waals surface area contributed by atoms with Gasteiger partial charge in [-0.2, -0.15) is 0 Å². The largest absolute Gasteiger partial charge is 0.483 e. The zero-order valence-corrected chi connectivity index (χ0v) is 12.9. The second-order valence-corrected chi connectivity index (χ2v) is 5.13. The number of hydrogen-bond acceptors (Lipinski definition) is 3. The zero-order chi connectivity index (χ0) is 15.0. The van der Waals surface area contributed by atoms with Gasteiger partial charge in [0.05, 0.1) is 6.10 Å². The van der Waals surface area contributed by atoms with Crippen molar-refractivity contribution in [2.24, 2.45) is 0 Å². The van der Waals surface area contributed by atoms with Gasteiger partial charge in [0.25, 0.3) is 5.91 Å². The van der Waals surface area contributed by atoms with Crippen molar-refractivity contribution in [1.29, 1.82) is 0 Å². The molecule has 0 atom stereocenters. The van der Waals surface area contributed by atoms with Crippen molar-refractivity contribution in [1.82, 2.24) is 5.32 Å². The molecule has 0 aliphatic heterocycles. The van der Waals surface area contributed by atoms with E-state index >= 15 is 0 Å². The molecule has 0 spiro atoms. The molecule has 4 nitrogen and oxygen atoms in total. The normalized spacial score (nSPS) is 10.7. The number of aryl methyl sites for hydroxylation is 2. The van der Waals surface area contributed by atoms with E-state index in [1.165, 1.54) is 0 Å². The molecule has 0 aliphatic rings. The van der Waals surface area contributed by atoms with Crippen LogP contribution in [-0.2, 0) is 9.53 Å². The van der Waals surface area contributed by atoms with E-state index in [4.69, 9.17) is 9.47 Å². The minimum atomic E-state index is -0.0998. The third-order valence-electron chi connectivity index (χ3n) is 2.85. The molecule has 0 unspecified atom stereocenters. The summed E-state index contributed by atoms with van der Waals surface area (Å²) < 4.78 is 11.0. The van der Waals surface area contributed by atoms with Crippen molar-refractivity contribution >= 4 is 5.91 Å². The van der Waals surface area contributed by atoms with Crippen LogP contribution in [-0.4, -0.2) is 31.8 Å². The number of ether oxygens (including phenoxy) is 2. The van der Waals surface area contributed by atoms with Crippen LogP contribution in [0.15, 0.2) is 18.2 Å². The fraction of sp³-hybridized carbons (Fsp3) is 0.562. The van der Waals surface area contributed by atoms with E-state index < -0.39 is 0 Å². The van der Waals surface area contributed by atoms with E-state index in [1.807, 2.05) is 45.9 Å². The third kappa shape index (κ3) is 6.06. The van der Waals surface area contributed by atoms with Crippen molar-refractivity contribution in [2.75, 3.05) is 19.8 Å². The molecule has 0 fully saturated rings. The summed E-state index contributed by atoms with van der Waals surface area (Å²) in [5.41, 5.74) is 2.09. The molecule has 0 radical (unpaired) electrons. The van der Waals surface area contributed by atoms with Gasteiger partial charge in [-0.25, -0.2) is 0 Å². The molecule has 0 aromatic heterocycles. The van der Waals surface area contributed by atoms with Gasteiger partial charge in [-0.15, -0.1) is 0 Å². The second-order valence-electron chi connectivity index (χ2n) is 5.13. The predicted molar refractivity (Wildman–Crippen MR) is 80.1 cm³/mol. The molecule has 112 valence electrons. The second kappa shape index (κ2) is 8.59. The summed E-state index contributed by atoms with van der Waals surface area (Å²) in [6, 6.07) is 5.93. The molecule has 1 aromatic rings. The molecular weight excluding hydrogens is 254 g/mol. The first-order valence-corrected chi connectivity index (χ1v) is 7.08. The average Bonchev–Trinajstić information content (AvgIpc) is 2.37. The van der Waals surface area contributed by atoms with E-state index in [-0.39, 0.29) is 18.6 Å². The summed E-state index contributed by atoms with van der Waals surface area (Å²) >= 11 is 0. The van der Waals surface area contributed by atoms with Crippen LogP contribution in [0.2, 0.25) is 0 Å². The van der Waals surface area contributed by atoms with Crippen LogP contribution in [0.3, 0.4) is 0 Å². The monoisotopic (exact) mass is 279 g/mol. The zero-order valence-electron chi connectivity index (χ0n) is 12.9. The third-order valence-corrected chi connectivity index (χ3v) is 2.85. The lowest BCUT2D eigenvalue weighted by Gasteiger charge is -2.12. The quantitative estimate of drug-likeness (QED) is 0.744. The van der Waals surface area contributed by atoms with Gasteiger partial charge in [0.15, 0.2) is 6.61 Å². The molecule has 0 saturated heterocycles. The highest BCUT2D eigenvalue weighted by molar-refractivity contribution is 5.77. The number of benzene rings is 1. The summed E-state index contributed by atoms with van der Waals surface area (Å²) in [6.07, 6.45) is 1.05. The number of nitrogens with one attached hydrogen (secondary N) is 1. The van der Waals surface area contributed by atoms with Crippen molar-refractivity contribution in [3.05, 3.63) is 29.3 Å². The molecular formula is C16H25NO3. The molecule has 0 saturated carbocycles. The summed E-state index contributed by atoms with van der Waals surface area (Å²) in [7, 11) is 0. The van der Waals surface area contributed by atoms with Crippen LogP contribution in [0, 0.1) is 13.8 Å². The standard InChI is InChI=1S/C16H25NO3/c1-12(2)19-10-6-9-17-15(18)11-20-16-13(3)7-5-8-14(16)4/h5,7-8,12H,6,9-11H2,1-4H3,(H,17,18). The van der Waals surface area contributed by atoms with E-state index in [9.17, 15) is 4.79 Å². The SMILES string of the molecule is Cc1cccc(C)c1OCC(=O)NCCCOC(C)C. The van der Waals surface area contributed by atoms with Crippen LogP contribution in [0.5, 0.6) is 5.75 Å². The Kier molecular flexibility index (Phi) is 7.09. The van der Waals surface area contributed by atoms with Gasteiger partial charge in [-0.1, -0.05) is 18.2 Å². The molecule has 0 heterocycles. The van der Waals surface area contributed by atoms with Crippen LogP contribution in [0.4, 0.5) is 0 Å². The lowest BCUT2D eigenvalue weighted by atomic mass is 10.1. The number of rotatable bonds is 8. The number of carbonyl (C=O) groups is 1. The Labute approximate surface area is 121 Å². The maximum atomic E-state index is 11.7.